The summed E-state index contributed by atoms with van der Waals surface area (Å²) in [5, 5.41) is 0. The molecular weight excluding hydrogens is 172 g/mol. The molecule has 0 aromatic heterocycles. The second-order valence-corrected chi connectivity index (χ2v) is 4.97. The van der Waals surface area contributed by atoms with Gasteiger partial charge in [-0.15, -0.1) is 0 Å². The van der Waals surface area contributed by atoms with E-state index < -0.39 is 0 Å². The average Bonchev–Trinajstić information content (AvgIpc) is 2.41. The van der Waals surface area contributed by atoms with Gasteiger partial charge in [-0.1, -0.05) is 26.7 Å². The molecule has 1 fully saturated rings. The fraction of sp³-hybridized carbons (Fsp3) is 1.00. The normalized spacial score (nSPS) is 22.3. The summed E-state index contributed by atoms with van der Waals surface area (Å²) < 4.78 is 0. The molecule has 1 aliphatic rings. The van der Waals surface area contributed by atoms with E-state index in [-0.39, 0.29) is 0 Å². The van der Waals surface area contributed by atoms with Crippen molar-refractivity contribution in [1.29, 1.82) is 0 Å². The van der Waals surface area contributed by atoms with E-state index in [1.807, 2.05) is 0 Å². The molecule has 14 heavy (non-hydrogen) atoms. The molecule has 0 bridgehead atoms. The molecule has 1 heterocycles. The van der Waals surface area contributed by atoms with E-state index in [2.05, 4.69) is 18.7 Å². The van der Waals surface area contributed by atoms with Crippen LogP contribution in [0.15, 0.2) is 0 Å². The minimum atomic E-state index is 0.632. The van der Waals surface area contributed by atoms with Crippen LogP contribution in [0.3, 0.4) is 0 Å². The number of rotatable bonds is 4. The molecule has 1 unspecified atom stereocenters. The fourth-order valence-electron chi connectivity index (χ4n) is 2.40. The molecule has 2 nitrogen and oxygen atoms in total. The predicted octanol–water partition coefficient (Wildman–Crippen LogP) is 2.24. The van der Waals surface area contributed by atoms with E-state index in [1.54, 1.807) is 0 Å². The maximum atomic E-state index is 5.86. The predicted molar refractivity (Wildman–Crippen MR) is 62.3 cm³/mol. The van der Waals surface area contributed by atoms with E-state index in [0.29, 0.717) is 6.04 Å². The van der Waals surface area contributed by atoms with Crippen molar-refractivity contribution in [3.63, 3.8) is 0 Å². The Kier molecular flexibility index (Phi) is 5.49. The quantitative estimate of drug-likeness (QED) is 0.750. The van der Waals surface area contributed by atoms with Crippen LogP contribution in [0.4, 0.5) is 0 Å². The Morgan fingerprint density at radius 2 is 1.64 bits per heavy atom. The fourth-order valence-corrected chi connectivity index (χ4v) is 2.40. The number of hydrogen-bond acceptors (Lipinski definition) is 2. The van der Waals surface area contributed by atoms with E-state index in [1.165, 1.54) is 45.2 Å². The van der Waals surface area contributed by atoms with Crippen LogP contribution in [-0.2, 0) is 0 Å². The highest BCUT2D eigenvalue weighted by Crippen LogP contribution is 2.16. The largest absolute Gasteiger partial charge is 0.329 e. The topological polar surface area (TPSA) is 29.3 Å². The smallest absolute Gasteiger partial charge is 0.0220 e. The van der Waals surface area contributed by atoms with E-state index >= 15 is 0 Å². The van der Waals surface area contributed by atoms with Gasteiger partial charge in [-0.05, 0) is 38.3 Å². The Bertz CT molecular complexity index is 137. The van der Waals surface area contributed by atoms with Crippen molar-refractivity contribution in [3.05, 3.63) is 0 Å². The van der Waals surface area contributed by atoms with Crippen molar-refractivity contribution < 1.29 is 0 Å². The molecule has 1 aliphatic heterocycles. The van der Waals surface area contributed by atoms with E-state index in [0.717, 1.165) is 12.5 Å². The Hall–Kier alpha value is -0.0800. The van der Waals surface area contributed by atoms with Crippen molar-refractivity contribution in [2.75, 3.05) is 19.6 Å². The summed E-state index contributed by atoms with van der Waals surface area (Å²) in [4.78, 5) is 2.62. The summed E-state index contributed by atoms with van der Waals surface area (Å²) >= 11 is 0. The first-order chi connectivity index (χ1) is 6.74. The van der Waals surface area contributed by atoms with Gasteiger partial charge in [0.25, 0.3) is 0 Å². The Balaban J connectivity index is 2.40. The third kappa shape index (κ3) is 3.97. The van der Waals surface area contributed by atoms with Crippen molar-refractivity contribution in [2.24, 2.45) is 11.7 Å². The van der Waals surface area contributed by atoms with Gasteiger partial charge in [0.1, 0.15) is 0 Å². The molecule has 84 valence electrons. The molecular formula is C12H26N2. The highest BCUT2D eigenvalue weighted by Gasteiger charge is 2.18. The summed E-state index contributed by atoms with van der Waals surface area (Å²) in [6.07, 6.45) is 6.82. The van der Waals surface area contributed by atoms with Gasteiger partial charge in [0.15, 0.2) is 0 Å². The van der Waals surface area contributed by atoms with E-state index in [4.69, 9.17) is 5.73 Å². The van der Waals surface area contributed by atoms with Crippen molar-refractivity contribution >= 4 is 0 Å². The van der Waals surface area contributed by atoms with Crippen LogP contribution in [0.2, 0.25) is 0 Å². The zero-order valence-corrected chi connectivity index (χ0v) is 9.84. The molecule has 0 spiro atoms. The minimum Gasteiger partial charge on any atom is -0.329 e. The van der Waals surface area contributed by atoms with Crippen molar-refractivity contribution in [3.8, 4) is 0 Å². The zero-order valence-electron chi connectivity index (χ0n) is 9.84. The lowest BCUT2D eigenvalue weighted by Crippen LogP contribution is -2.42. The molecule has 0 aromatic carbocycles. The number of nitrogens with two attached hydrogens (primary N) is 1. The Labute approximate surface area is 88.8 Å². The van der Waals surface area contributed by atoms with Crippen molar-refractivity contribution in [1.82, 2.24) is 4.90 Å². The van der Waals surface area contributed by atoms with Crippen LogP contribution >= 0.6 is 0 Å². The summed E-state index contributed by atoms with van der Waals surface area (Å²) in [6, 6.07) is 0.632. The van der Waals surface area contributed by atoms with Gasteiger partial charge in [-0.2, -0.15) is 0 Å². The first kappa shape index (κ1) is 12.0. The Morgan fingerprint density at radius 1 is 1.07 bits per heavy atom. The maximum absolute atomic E-state index is 5.86. The van der Waals surface area contributed by atoms with Crippen LogP contribution in [0, 0.1) is 5.92 Å². The molecule has 0 amide bonds. The van der Waals surface area contributed by atoms with Gasteiger partial charge >= 0.3 is 0 Å². The summed E-state index contributed by atoms with van der Waals surface area (Å²) in [5.41, 5.74) is 5.86. The van der Waals surface area contributed by atoms with Gasteiger partial charge in [0.05, 0.1) is 0 Å². The van der Waals surface area contributed by atoms with Gasteiger partial charge < -0.3 is 5.73 Å². The number of hydrogen-bond donors (Lipinski definition) is 1. The van der Waals surface area contributed by atoms with Gasteiger partial charge in [-0.25, -0.2) is 0 Å². The van der Waals surface area contributed by atoms with Crippen LogP contribution in [-0.4, -0.2) is 30.6 Å². The lowest BCUT2D eigenvalue weighted by atomic mass is 10.0. The van der Waals surface area contributed by atoms with Crippen LogP contribution < -0.4 is 5.73 Å². The third-order valence-electron chi connectivity index (χ3n) is 3.17. The molecule has 0 aromatic rings. The zero-order chi connectivity index (χ0) is 10.4. The van der Waals surface area contributed by atoms with Crippen LogP contribution in [0.5, 0.6) is 0 Å². The molecule has 1 rings (SSSR count). The Morgan fingerprint density at radius 3 is 2.07 bits per heavy atom. The van der Waals surface area contributed by atoms with Gasteiger partial charge in [-0.3, -0.25) is 4.90 Å². The number of likely N-dealkylation sites (tertiary alicyclic amines) is 1. The lowest BCUT2D eigenvalue weighted by molar-refractivity contribution is 0.184. The monoisotopic (exact) mass is 198 g/mol. The second kappa shape index (κ2) is 6.41. The standard InChI is InChI=1S/C12H26N2/c1-11(2)9-12(10-13)14-7-5-3-4-6-8-14/h11-12H,3-10,13H2,1-2H3. The first-order valence-corrected chi connectivity index (χ1v) is 6.18. The summed E-state index contributed by atoms with van der Waals surface area (Å²) in [6.45, 7) is 7.96. The first-order valence-electron chi connectivity index (χ1n) is 6.18. The molecule has 0 saturated carbocycles. The van der Waals surface area contributed by atoms with E-state index in [9.17, 15) is 0 Å². The maximum Gasteiger partial charge on any atom is 0.0220 e. The summed E-state index contributed by atoms with van der Waals surface area (Å²) in [7, 11) is 0. The summed E-state index contributed by atoms with van der Waals surface area (Å²) in [5.74, 6) is 0.770. The molecule has 2 N–H and O–H groups in total. The third-order valence-corrected chi connectivity index (χ3v) is 3.17. The molecule has 2 heteroatoms. The minimum absolute atomic E-state index is 0.632. The second-order valence-electron chi connectivity index (χ2n) is 4.97. The molecule has 0 aliphatic carbocycles. The van der Waals surface area contributed by atoms with Gasteiger partial charge in [0, 0.05) is 12.6 Å². The molecule has 1 atom stereocenters. The van der Waals surface area contributed by atoms with Crippen molar-refractivity contribution in [2.45, 2.75) is 52.0 Å². The van der Waals surface area contributed by atoms with Gasteiger partial charge in [0.2, 0.25) is 0 Å². The average molecular weight is 198 g/mol. The number of nitrogens with zero attached hydrogens (tertiary/aromatic N) is 1. The highest BCUT2D eigenvalue weighted by molar-refractivity contribution is 4.75. The molecule has 0 radical (unpaired) electrons. The van der Waals surface area contributed by atoms with Crippen LogP contribution in [0.25, 0.3) is 0 Å². The highest BCUT2D eigenvalue weighted by atomic mass is 15.2. The lowest BCUT2D eigenvalue weighted by Gasteiger charge is -2.30. The van der Waals surface area contributed by atoms with Crippen LogP contribution in [0.1, 0.15) is 46.0 Å². The SMILES string of the molecule is CC(C)CC(CN)N1CCCCCC1. The molecule has 1 saturated heterocycles.